The minimum atomic E-state index is 0. The Labute approximate surface area is 167 Å². The van der Waals surface area contributed by atoms with Crippen LogP contribution in [0.4, 0.5) is 0 Å². The van der Waals surface area contributed by atoms with E-state index in [0.29, 0.717) is 12.1 Å². The molecule has 1 rings (SSSR count). The maximum Gasteiger partial charge on any atom is 1.00 e. The van der Waals surface area contributed by atoms with E-state index >= 15 is 0 Å². The van der Waals surface area contributed by atoms with Gasteiger partial charge in [-0.05, 0) is 5.92 Å². The van der Waals surface area contributed by atoms with Gasteiger partial charge < -0.3 is 13.2 Å². The zero-order valence-electron chi connectivity index (χ0n) is 14.5. The number of carbonyl (C=O) groups is 1. The summed E-state index contributed by atoms with van der Waals surface area (Å²) in [5.74, 6) is 0.955. The molecular formula is C14H30KN4O-. The molecule has 0 aliphatic rings. The topological polar surface area (TPSA) is 71.6 Å². The Balaban J connectivity index is -0.000000139. The molecule has 6 heteroatoms. The molecule has 0 saturated carbocycles. The molecule has 0 aliphatic heterocycles. The summed E-state index contributed by atoms with van der Waals surface area (Å²) >= 11 is 0. The number of nitrogens with one attached hydrogen (secondary N) is 1. The number of ketones is 1. The Morgan fingerprint density at radius 1 is 1.35 bits per heavy atom. The van der Waals surface area contributed by atoms with Crippen molar-refractivity contribution in [2.45, 2.75) is 61.1 Å². The molecule has 0 atom stereocenters. The Morgan fingerprint density at radius 3 is 2.10 bits per heavy atom. The molecule has 5 nitrogen and oxygen atoms in total. The van der Waals surface area contributed by atoms with Crippen LogP contribution in [-0.2, 0) is 17.9 Å². The van der Waals surface area contributed by atoms with Crippen LogP contribution in [0.5, 0.6) is 0 Å². The van der Waals surface area contributed by atoms with Crippen LogP contribution in [0.15, 0.2) is 6.20 Å². The second-order valence-corrected chi connectivity index (χ2v) is 4.21. The summed E-state index contributed by atoms with van der Waals surface area (Å²) < 4.78 is 1.47. The number of rotatable bonds is 4. The van der Waals surface area contributed by atoms with Crippen LogP contribution < -0.4 is 51.4 Å². The third-order valence-electron chi connectivity index (χ3n) is 1.50. The molecule has 0 fully saturated rings. The van der Waals surface area contributed by atoms with Gasteiger partial charge >= 0.3 is 51.4 Å². The summed E-state index contributed by atoms with van der Waals surface area (Å²) in [5, 5.41) is 7.40. The standard InChI is InChI=1S/C7H11N4O.C4H10.C2H6.CH3.K/c1-2-7(12)5-11-4-6(3-8)9-10-11;1-4(2)3;1-2;;/h4,8H,2-3,5H2,1H3;4H,1-3H3;1-2H3;1H3;/q-1;;;-1;+1. The summed E-state index contributed by atoms with van der Waals surface area (Å²) in [6, 6.07) is 0. The van der Waals surface area contributed by atoms with E-state index in [1.54, 1.807) is 6.20 Å². The smallest absolute Gasteiger partial charge is 0.672 e. The van der Waals surface area contributed by atoms with Gasteiger partial charge in [-0.2, -0.15) is 0 Å². The third-order valence-corrected chi connectivity index (χ3v) is 1.50. The van der Waals surface area contributed by atoms with Gasteiger partial charge in [0.25, 0.3) is 0 Å². The second kappa shape index (κ2) is 19.4. The Bertz CT molecular complexity index is 311. The zero-order valence-corrected chi connectivity index (χ0v) is 17.6. The van der Waals surface area contributed by atoms with Crippen molar-refractivity contribution < 1.29 is 56.2 Å². The number of carbonyl (C=O) groups excluding carboxylic acids is 1. The van der Waals surface area contributed by atoms with Gasteiger partial charge in [-0.1, -0.05) is 46.8 Å². The van der Waals surface area contributed by atoms with Gasteiger partial charge in [0.15, 0.2) is 5.78 Å². The first-order chi connectivity index (χ1) is 8.49. The summed E-state index contributed by atoms with van der Waals surface area (Å²) in [7, 11) is 0. The molecule has 1 aromatic rings. The van der Waals surface area contributed by atoms with E-state index < -0.39 is 0 Å². The van der Waals surface area contributed by atoms with Crippen molar-refractivity contribution in [2.75, 3.05) is 0 Å². The van der Waals surface area contributed by atoms with Crippen LogP contribution in [0.3, 0.4) is 0 Å². The Morgan fingerprint density at radius 2 is 1.80 bits per heavy atom. The number of hydrogen-bond acceptors (Lipinski definition) is 3. The SMILES string of the molecule is CC.CC(C)C.CCC(=O)Cn1cc(C[NH-])nn1.[CH3-].[K+]. The maximum atomic E-state index is 10.9. The monoisotopic (exact) mass is 309 g/mol. The number of hydrogen-bond donors (Lipinski definition) is 0. The molecule has 0 saturated heterocycles. The number of aromatic nitrogens is 3. The fourth-order valence-electron chi connectivity index (χ4n) is 0.789. The quantitative estimate of drug-likeness (QED) is 0.614. The molecule has 0 unspecified atom stereocenters. The van der Waals surface area contributed by atoms with E-state index in [0.717, 1.165) is 5.92 Å². The largest absolute Gasteiger partial charge is 1.00 e. The first-order valence-corrected chi connectivity index (χ1v) is 6.54. The van der Waals surface area contributed by atoms with Crippen molar-refractivity contribution in [3.8, 4) is 0 Å². The number of Topliss-reactive ketones (excluding diaryl/α,β-unsaturated/α-hetero) is 1. The van der Waals surface area contributed by atoms with E-state index in [-0.39, 0.29) is 77.7 Å². The Kier molecular flexibility index (Phi) is 27.7. The molecule has 0 aromatic carbocycles. The first-order valence-electron chi connectivity index (χ1n) is 6.54. The summed E-state index contributed by atoms with van der Waals surface area (Å²) in [4.78, 5) is 10.9. The molecule has 0 aliphatic carbocycles. The minimum Gasteiger partial charge on any atom is -0.672 e. The summed E-state index contributed by atoms with van der Waals surface area (Å²) in [5.41, 5.74) is 7.58. The van der Waals surface area contributed by atoms with Gasteiger partial charge in [0.05, 0.1) is 5.69 Å². The molecule has 0 amide bonds. The van der Waals surface area contributed by atoms with Crippen molar-refractivity contribution in [2.24, 2.45) is 5.92 Å². The van der Waals surface area contributed by atoms with Crippen LogP contribution in [-0.4, -0.2) is 20.8 Å². The van der Waals surface area contributed by atoms with Gasteiger partial charge in [0.2, 0.25) is 0 Å². The molecule has 0 radical (unpaired) electrons. The van der Waals surface area contributed by atoms with Crippen LogP contribution in [0, 0.1) is 13.3 Å². The summed E-state index contributed by atoms with van der Waals surface area (Å²) in [6.45, 7) is 12.7. The van der Waals surface area contributed by atoms with E-state index in [4.69, 9.17) is 5.73 Å². The van der Waals surface area contributed by atoms with E-state index in [1.807, 2.05) is 20.8 Å². The van der Waals surface area contributed by atoms with Gasteiger partial charge in [-0.15, -0.1) is 11.6 Å². The molecule has 20 heavy (non-hydrogen) atoms. The molecule has 0 spiro atoms. The average molecular weight is 310 g/mol. The fraction of sp³-hybridized carbons (Fsp3) is 0.714. The molecular weight excluding hydrogens is 279 g/mol. The minimum absolute atomic E-state index is 0. The van der Waals surface area contributed by atoms with Crippen LogP contribution >= 0.6 is 0 Å². The predicted octanol–water partition coefficient (Wildman–Crippen LogP) is 0.952. The van der Waals surface area contributed by atoms with Crippen molar-refractivity contribution in [3.05, 3.63) is 25.1 Å². The number of nitrogens with zero attached hydrogens (tertiary/aromatic N) is 3. The van der Waals surface area contributed by atoms with Crippen LogP contribution in [0.1, 0.15) is 53.7 Å². The second-order valence-electron chi connectivity index (χ2n) is 4.21. The van der Waals surface area contributed by atoms with Crippen molar-refractivity contribution >= 4 is 5.78 Å². The molecule has 1 aromatic heterocycles. The van der Waals surface area contributed by atoms with Crippen molar-refractivity contribution in [1.82, 2.24) is 15.0 Å². The molecule has 0 bridgehead atoms. The van der Waals surface area contributed by atoms with Gasteiger partial charge in [-0.3, -0.25) is 4.79 Å². The molecule has 1 heterocycles. The Hall–Kier alpha value is 0.406. The van der Waals surface area contributed by atoms with E-state index in [1.165, 1.54) is 4.68 Å². The third kappa shape index (κ3) is 18.4. The average Bonchev–Trinajstić information content (AvgIpc) is 2.78. The van der Waals surface area contributed by atoms with E-state index in [9.17, 15) is 4.79 Å². The van der Waals surface area contributed by atoms with Gasteiger partial charge in [0.1, 0.15) is 6.54 Å². The van der Waals surface area contributed by atoms with E-state index in [2.05, 4.69) is 31.1 Å². The molecule has 114 valence electrons. The normalized spacial score (nSPS) is 8.20. The van der Waals surface area contributed by atoms with Gasteiger partial charge in [0, 0.05) is 12.6 Å². The van der Waals surface area contributed by atoms with Crippen molar-refractivity contribution in [1.29, 1.82) is 0 Å². The zero-order chi connectivity index (χ0) is 14.6. The fourth-order valence-corrected chi connectivity index (χ4v) is 0.789. The predicted molar refractivity (Wildman–Crippen MR) is 81.6 cm³/mol. The first kappa shape index (κ1) is 28.6. The summed E-state index contributed by atoms with van der Waals surface area (Å²) in [6.07, 6.45) is 2.14. The van der Waals surface area contributed by atoms with Crippen LogP contribution in [0.25, 0.3) is 5.73 Å². The maximum absolute atomic E-state index is 10.9. The van der Waals surface area contributed by atoms with Gasteiger partial charge in [-0.25, -0.2) is 4.68 Å². The molecule has 1 N–H and O–H groups in total. The van der Waals surface area contributed by atoms with Crippen LogP contribution in [0.2, 0.25) is 0 Å². The van der Waals surface area contributed by atoms with Crippen molar-refractivity contribution in [3.63, 3.8) is 0 Å².